The summed E-state index contributed by atoms with van der Waals surface area (Å²) in [6, 6.07) is 4.39. The van der Waals surface area contributed by atoms with Gasteiger partial charge in [0.1, 0.15) is 10.1 Å². The number of hydrogen-bond donors (Lipinski definition) is 0. The summed E-state index contributed by atoms with van der Waals surface area (Å²) < 4.78 is 14.2. The number of rotatable bonds is 2. The molecule has 0 aliphatic carbocycles. The van der Waals surface area contributed by atoms with Crippen LogP contribution >= 0.6 is 35.6 Å². The van der Waals surface area contributed by atoms with Gasteiger partial charge in [0.05, 0.1) is 9.93 Å². The third-order valence-corrected chi connectivity index (χ3v) is 4.28. The normalized spacial score (nSPS) is 17.9. The Morgan fingerprint density at radius 1 is 1.47 bits per heavy atom. The summed E-state index contributed by atoms with van der Waals surface area (Å²) in [6.45, 7) is 3.76. The molecule has 1 aromatic rings. The van der Waals surface area contributed by atoms with E-state index in [1.54, 1.807) is 6.07 Å². The van der Waals surface area contributed by atoms with Crippen molar-refractivity contribution in [3.8, 4) is 0 Å². The van der Waals surface area contributed by atoms with E-state index in [1.807, 2.05) is 13.8 Å². The molecule has 2 nitrogen and oxygen atoms in total. The summed E-state index contributed by atoms with van der Waals surface area (Å²) in [7, 11) is 0. The minimum absolute atomic E-state index is 0.0190. The highest BCUT2D eigenvalue weighted by Gasteiger charge is 2.33. The first-order valence-electron chi connectivity index (χ1n) is 5.63. The van der Waals surface area contributed by atoms with Crippen LogP contribution in [-0.4, -0.2) is 21.2 Å². The zero-order valence-corrected chi connectivity index (χ0v) is 12.7. The second-order valence-electron chi connectivity index (χ2n) is 4.28. The Morgan fingerprint density at radius 2 is 2.16 bits per heavy atom. The molecule has 2 rings (SSSR count). The SMILES string of the molecule is CC(C)N1C(=O)C(=Cc2c(F)cccc2Cl)SC1=S. The van der Waals surface area contributed by atoms with Gasteiger partial charge < -0.3 is 0 Å². The first-order chi connectivity index (χ1) is 8.91. The molecule has 0 N–H and O–H groups in total. The van der Waals surface area contributed by atoms with Gasteiger partial charge >= 0.3 is 0 Å². The van der Waals surface area contributed by atoms with E-state index in [-0.39, 0.29) is 22.5 Å². The maximum Gasteiger partial charge on any atom is 0.266 e. The van der Waals surface area contributed by atoms with E-state index < -0.39 is 5.82 Å². The van der Waals surface area contributed by atoms with Crippen LogP contribution in [0.2, 0.25) is 5.02 Å². The third-order valence-electron chi connectivity index (χ3n) is 2.62. The standard InChI is InChI=1S/C13H11ClFNOS2/c1-7(2)16-12(17)11(19-13(16)18)6-8-9(14)4-3-5-10(8)15/h3-7H,1-2H3. The molecule has 1 saturated heterocycles. The fourth-order valence-electron chi connectivity index (χ4n) is 1.70. The van der Waals surface area contributed by atoms with Gasteiger partial charge in [-0.25, -0.2) is 4.39 Å². The highest BCUT2D eigenvalue weighted by atomic mass is 35.5. The van der Waals surface area contributed by atoms with E-state index in [1.165, 1.54) is 34.9 Å². The Bertz CT molecular complexity index is 566. The summed E-state index contributed by atoms with van der Waals surface area (Å²) in [5.41, 5.74) is 0.216. The molecule has 6 heteroatoms. The zero-order valence-electron chi connectivity index (χ0n) is 10.3. The predicted octanol–water partition coefficient (Wildman–Crippen LogP) is 4.09. The fourth-order valence-corrected chi connectivity index (χ4v) is 3.43. The molecule has 1 aromatic carbocycles. The van der Waals surface area contributed by atoms with Gasteiger partial charge in [0.25, 0.3) is 5.91 Å². The number of carbonyl (C=O) groups excluding carboxylic acids is 1. The van der Waals surface area contributed by atoms with Crippen LogP contribution < -0.4 is 0 Å². The zero-order chi connectivity index (χ0) is 14.2. The Kier molecular flexibility index (Phi) is 4.28. The van der Waals surface area contributed by atoms with Crippen LogP contribution in [0.3, 0.4) is 0 Å². The molecule has 0 aromatic heterocycles. The number of carbonyl (C=O) groups is 1. The molecular formula is C13H11ClFNOS2. The predicted molar refractivity (Wildman–Crippen MR) is 81.6 cm³/mol. The first kappa shape index (κ1) is 14.5. The number of halogens is 2. The van der Waals surface area contributed by atoms with Gasteiger partial charge in [0, 0.05) is 11.6 Å². The van der Waals surface area contributed by atoms with Crippen molar-refractivity contribution in [2.45, 2.75) is 19.9 Å². The summed E-state index contributed by atoms with van der Waals surface area (Å²) in [4.78, 5) is 14.1. The summed E-state index contributed by atoms with van der Waals surface area (Å²) in [6.07, 6.45) is 1.46. The van der Waals surface area contributed by atoms with E-state index in [9.17, 15) is 9.18 Å². The summed E-state index contributed by atoms with van der Waals surface area (Å²) >= 11 is 12.3. The highest BCUT2D eigenvalue weighted by molar-refractivity contribution is 8.26. The van der Waals surface area contributed by atoms with Crippen molar-refractivity contribution >= 4 is 51.9 Å². The Hall–Kier alpha value is -0.910. The van der Waals surface area contributed by atoms with Crippen molar-refractivity contribution in [2.24, 2.45) is 0 Å². The molecule has 1 aliphatic heterocycles. The van der Waals surface area contributed by atoms with Gasteiger partial charge in [-0.3, -0.25) is 9.69 Å². The lowest BCUT2D eigenvalue weighted by Crippen LogP contribution is -2.34. The highest BCUT2D eigenvalue weighted by Crippen LogP contribution is 2.35. The van der Waals surface area contributed by atoms with Crippen LogP contribution in [0.25, 0.3) is 6.08 Å². The van der Waals surface area contributed by atoms with Crippen LogP contribution in [0.4, 0.5) is 4.39 Å². The van der Waals surface area contributed by atoms with E-state index in [0.717, 1.165) is 0 Å². The van der Waals surface area contributed by atoms with Crippen molar-refractivity contribution in [1.29, 1.82) is 0 Å². The molecule has 0 unspecified atom stereocenters. The average Bonchev–Trinajstić information content (AvgIpc) is 2.59. The molecule has 0 atom stereocenters. The molecule has 0 saturated carbocycles. The first-order valence-corrected chi connectivity index (χ1v) is 7.23. The second kappa shape index (κ2) is 5.61. The van der Waals surface area contributed by atoms with E-state index in [2.05, 4.69) is 0 Å². The number of nitrogens with zero attached hydrogens (tertiary/aromatic N) is 1. The molecule has 1 heterocycles. The molecule has 100 valence electrons. The lowest BCUT2D eigenvalue weighted by Gasteiger charge is -2.18. The van der Waals surface area contributed by atoms with Crippen LogP contribution in [0, 0.1) is 5.82 Å². The Balaban J connectivity index is 2.41. The van der Waals surface area contributed by atoms with Gasteiger partial charge in [-0.15, -0.1) is 0 Å². The van der Waals surface area contributed by atoms with Gasteiger partial charge in [-0.2, -0.15) is 0 Å². The second-order valence-corrected chi connectivity index (χ2v) is 6.36. The molecule has 0 spiro atoms. The van der Waals surface area contributed by atoms with E-state index in [0.29, 0.717) is 9.23 Å². The maximum absolute atomic E-state index is 13.7. The average molecular weight is 316 g/mol. The van der Waals surface area contributed by atoms with Crippen molar-refractivity contribution in [3.63, 3.8) is 0 Å². The lowest BCUT2D eigenvalue weighted by molar-refractivity contribution is -0.123. The van der Waals surface area contributed by atoms with Gasteiger partial charge in [0.15, 0.2) is 0 Å². The number of thioether (sulfide) groups is 1. The van der Waals surface area contributed by atoms with Crippen LogP contribution in [0.5, 0.6) is 0 Å². The minimum Gasteiger partial charge on any atom is -0.290 e. The van der Waals surface area contributed by atoms with Crippen molar-refractivity contribution in [2.75, 3.05) is 0 Å². The monoisotopic (exact) mass is 315 g/mol. The summed E-state index contributed by atoms with van der Waals surface area (Å²) in [5, 5.41) is 0.273. The van der Waals surface area contributed by atoms with Crippen molar-refractivity contribution in [3.05, 3.63) is 39.5 Å². The van der Waals surface area contributed by atoms with Gasteiger partial charge in [-0.05, 0) is 32.1 Å². The molecule has 0 radical (unpaired) electrons. The number of amides is 1. The maximum atomic E-state index is 13.7. The van der Waals surface area contributed by atoms with Gasteiger partial charge in [-0.1, -0.05) is 41.6 Å². The number of thiocarbonyl (C=S) groups is 1. The topological polar surface area (TPSA) is 20.3 Å². The Morgan fingerprint density at radius 3 is 2.68 bits per heavy atom. The fraction of sp³-hybridized carbons (Fsp3) is 0.231. The lowest BCUT2D eigenvalue weighted by atomic mass is 10.2. The largest absolute Gasteiger partial charge is 0.290 e. The molecular weight excluding hydrogens is 305 g/mol. The van der Waals surface area contributed by atoms with Crippen LogP contribution in [-0.2, 0) is 4.79 Å². The molecule has 1 amide bonds. The van der Waals surface area contributed by atoms with Gasteiger partial charge in [0.2, 0.25) is 0 Å². The minimum atomic E-state index is -0.456. The van der Waals surface area contributed by atoms with E-state index in [4.69, 9.17) is 23.8 Å². The molecule has 0 bridgehead atoms. The van der Waals surface area contributed by atoms with Crippen LogP contribution in [0.1, 0.15) is 19.4 Å². The number of benzene rings is 1. The smallest absolute Gasteiger partial charge is 0.266 e. The van der Waals surface area contributed by atoms with Crippen LogP contribution in [0.15, 0.2) is 23.1 Å². The Labute approximate surface area is 125 Å². The number of hydrogen-bond acceptors (Lipinski definition) is 3. The van der Waals surface area contributed by atoms with E-state index >= 15 is 0 Å². The molecule has 1 aliphatic rings. The van der Waals surface area contributed by atoms with Crippen molar-refractivity contribution < 1.29 is 9.18 Å². The quantitative estimate of drug-likeness (QED) is 0.605. The third kappa shape index (κ3) is 2.83. The van der Waals surface area contributed by atoms with Crippen molar-refractivity contribution in [1.82, 2.24) is 4.90 Å². The molecule has 1 fully saturated rings. The molecule has 19 heavy (non-hydrogen) atoms. The summed E-state index contributed by atoms with van der Waals surface area (Å²) in [5.74, 6) is -0.661.